The molecule has 0 heterocycles. The molecule has 0 aromatic rings. The lowest BCUT2D eigenvalue weighted by atomic mass is 9.89. The van der Waals surface area contributed by atoms with Crippen LogP contribution in [0.4, 0.5) is 0 Å². The quantitative estimate of drug-likeness (QED) is 0.592. The molecule has 0 saturated heterocycles. The summed E-state index contributed by atoms with van der Waals surface area (Å²) in [6.07, 6.45) is 3.08. The molecule has 1 saturated carbocycles. The number of Topliss-reactive ketones (excluding diaryl/α,β-unsaturated/α-hetero) is 2. The lowest BCUT2D eigenvalue weighted by Crippen LogP contribution is -2.52. The maximum atomic E-state index is 11.6. The Labute approximate surface area is 77.7 Å². The molecular weight excluding hydrogens is 168 g/mol. The van der Waals surface area contributed by atoms with E-state index in [2.05, 4.69) is 0 Å². The van der Waals surface area contributed by atoms with Gasteiger partial charge in [-0.1, -0.05) is 12.8 Å². The van der Waals surface area contributed by atoms with Crippen molar-refractivity contribution in [3.8, 4) is 0 Å². The van der Waals surface area contributed by atoms with Crippen LogP contribution >= 0.6 is 0 Å². The van der Waals surface area contributed by atoms with Crippen molar-refractivity contribution in [2.45, 2.75) is 44.2 Å². The Hall–Kier alpha value is -0.740. The van der Waals surface area contributed by atoms with E-state index in [1.807, 2.05) is 0 Å². The molecule has 0 amide bonds. The van der Waals surface area contributed by atoms with Crippen molar-refractivity contribution < 1.29 is 9.59 Å². The summed E-state index contributed by atoms with van der Waals surface area (Å²) in [5.74, 6) is -1.02. The van der Waals surface area contributed by atoms with Gasteiger partial charge in [0.15, 0.2) is 0 Å². The highest BCUT2D eigenvalue weighted by Crippen LogP contribution is 2.28. The van der Waals surface area contributed by atoms with Crippen LogP contribution in [0, 0.1) is 0 Å². The van der Waals surface area contributed by atoms with Gasteiger partial charge in [0, 0.05) is 0 Å². The van der Waals surface area contributed by atoms with Gasteiger partial charge >= 0.3 is 0 Å². The molecule has 0 unspecified atom stereocenters. The van der Waals surface area contributed by atoms with E-state index in [-0.39, 0.29) is 0 Å². The summed E-state index contributed by atoms with van der Waals surface area (Å²) >= 11 is 0. The average molecular weight is 184 g/mol. The fourth-order valence-electron chi connectivity index (χ4n) is 1.69. The van der Waals surface area contributed by atoms with Crippen LogP contribution in [0.2, 0.25) is 0 Å². The molecule has 1 aliphatic rings. The zero-order valence-corrected chi connectivity index (χ0v) is 7.88. The Morgan fingerprint density at radius 2 is 1.77 bits per heavy atom. The largest absolute Gasteiger partial charge is 0.321 e. The van der Waals surface area contributed by atoms with Gasteiger partial charge in [0.05, 0.1) is 11.6 Å². The SMILES string of the molecule is C[C@H](N)C(=O)C(=O)C1(N)CCCC1. The van der Waals surface area contributed by atoms with Gasteiger partial charge in [-0.2, -0.15) is 0 Å². The molecule has 0 aliphatic heterocycles. The van der Waals surface area contributed by atoms with Crippen molar-refractivity contribution in [2.75, 3.05) is 0 Å². The first kappa shape index (κ1) is 10.3. The van der Waals surface area contributed by atoms with Crippen LogP contribution in [-0.4, -0.2) is 23.1 Å². The molecule has 4 N–H and O–H groups in total. The van der Waals surface area contributed by atoms with Crippen LogP contribution in [0.1, 0.15) is 32.6 Å². The van der Waals surface area contributed by atoms with E-state index in [0.29, 0.717) is 12.8 Å². The predicted octanol–water partition coefficient (Wildman–Crippen LogP) is -0.257. The Balaban J connectivity index is 2.71. The van der Waals surface area contributed by atoms with E-state index in [0.717, 1.165) is 12.8 Å². The number of ketones is 2. The molecule has 1 atom stereocenters. The summed E-state index contributed by atoms with van der Waals surface area (Å²) in [7, 11) is 0. The predicted molar refractivity (Wildman–Crippen MR) is 49.0 cm³/mol. The smallest absolute Gasteiger partial charge is 0.219 e. The second kappa shape index (κ2) is 3.55. The standard InChI is InChI=1S/C9H16N2O2/c1-6(10)7(12)8(13)9(11)4-2-3-5-9/h6H,2-5,10-11H2,1H3/t6-/m0/s1. The van der Waals surface area contributed by atoms with Gasteiger partial charge in [-0.15, -0.1) is 0 Å². The number of carbonyl (C=O) groups excluding carboxylic acids is 2. The minimum Gasteiger partial charge on any atom is -0.321 e. The van der Waals surface area contributed by atoms with Gasteiger partial charge in [0.1, 0.15) is 0 Å². The number of hydrogen-bond acceptors (Lipinski definition) is 4. The fourth-order valence-corrected chi connectivity index (χ4v) is 1.69. The molecule has 0 aromatic carbocycles. The van der Waals surface area contributed by atoms with Crippen LogP contribution in [0.3, 0.4) is 0 Å². The van der Waals surface area contributed by atoms with Crippen molar-refractivity contribution in [3.63, 3.8) is 0 Å². The molecule has 1 rings (SSSR count). The molecule has 0 radical (unpaired) electrons. The first-order valence-electron chi connectivity index (χ1n) is 4.60. The Morgan fingerprint density at radius 1 is 1.31 bits per heavy atom. The highest BCUT2D eigenvalue weighted by Gasteiger charge is 2.41. The first-order chi connectivity index (χ1) is 5.97. The third-order valence-electron chi connectivity index (χ3n) is 2.59. The van der Waals surface area contributed by atoms with Gasteiger partial charge in [-0.25, -0.2) is 0 Å². The zero-order chi connectivity index (χ0) is 10.1. The number of rotatable bonds is 3. The fraction of sp³-hybridized carbons (Fsp3) is 0.778. The maximum absolute atomic E-state index is 11.6. The normalized spacial score (nSPS) is 22.7. The number of hydrogen-bond donors (Lipinski definition) is 2. The van der Waals surface area contributed by atoms with Crippen LogP contribution in [0.5, 0.6) is 0 Å². The highest BCUT2D eigenvalue weighted by atomic mass is 16.2. The molecular formula is C9H16N2O2. The van der Waals surface area contributed by atoms with Gasteiger partial charge in [0.2, 0.25) is 11.6 Å². The number of nitrogens with two attached hydrogens (primary N) is 2. The summed E-state index contributed by atoms with van der Waals surface area (Å²) in [5, 5.41) is 0. The van der Waals surface area contributed by atoms with E-state index < -0.39 is 23.1 Å². The van der Waals surface area contributed by atoms with Crippen molar-refractivity contribution in [3.05, 3.63) is 0 Å². The van der Waals surface area contributed by atoms with Crippen LogP contribution < -0.4 is 11.5 Å². The Kier molecular flexibility index (Phi) is 2.83. The lowest BCUT2D eigenvalue weighted by molar-refractivity contribution is -0.140. The van der Waals surface area contributed by atoms with E-state index in [9.17, 15) is 9.59 Å². The van der Waals surface area contributed by atoms with Crippen LogP contribution in [0.25, 0.3) is 0 Å². The average Bonchev–Trinajstić information content (AvgIpc) is 2.50. The topological polar surface area (TPSA) is 86.2 Å². The van der Waals surface area contributed by atoms with E-state index in [4.69, 9.17) is 11.5 Å². The monoisotopic (exact) mass is 184 g/mol. The van der Waals surface area contributed by atoms with E-state index >= 15 is 0 Å². The third-order valence-corrected chi connectivity index (χ3v) is 2.59. The van der Waals surface area contributed by atoms with Gasteiger partial charge in [-0.05, 0) is 19.8 Å². The second-order valence-electron chi connectivity index (χ2n) is 3.85. The lowest BCUT2D eigenvalue weighted by Gasteiger charge is -2.21. The van der Waals surface area contributed by atoms with Crippen LogP contribution in [0.15, 0.2) is 0 Å². The van der Waals surface area contributed by atoms with Gasteiger partial charge < -0.3 is 11.5 Å². The van der Waals surface area contributed by atoms with E-state index in [1.54, 1.807) is 0 Å². The summed E-state index contributed by atoms with van der Waals surface area (Å²) < 4.78 is 0. The molecule has 0 spiro atoms. The summed E-state index contributed by atoms with van der Waals surface area (Å²) in [5.41, 5.74) is 10.2. The molecule has 0 aromatic heterocycles. The first-order valence-corrected chi connectivity index (χ1v) is 4.60. The summed E-state index contributed by atoms with van der Waals surface area (Å²) in [6.45, 7) is 1.51. The molecule has 13 heavy (non-hydrogen) atoms. The minimum atomic E-state index is -0.912. The molecule has 0 bridgehead atoms. The molecule has 4 heteroatoms. The van der Waals surface area contributed by atoms with Gasteiger partial charge in [-0.3, -0.25) is 9.59 Å². The Bertz CT molecular complexity index is 230. The van der Waals surface area contributed by atoms with Crippen molar-refractivity contribution >= 4 is 11.6 Å². The van der Waals surface area contributed by atoms with Crippen molar-refractivity contribution in [1.82, 2.24) is 0 Å². The Morgan fingerprint density at radius 3 is 2.15 bits per heavy atom. The molecule has 1 fully saturated rings. The summed E-state index contributed by atoms with van der Waals surface area (Å²) in [4.78, 5) is 22.8. The second-order valence-corrected chi connectivity index (χ2v) is 3.85. The summed E-state index contributed by atoms with van der Waals surface area (Å²) in [6, 6.07) is -0.728. The molecule has 1 aliphatic carbocycles. The van der Waals surface area contributed by atoms with Crippen LogP contribution in [-0.2, 0) is 9.59 Å². The van der Waals surface area contributed by atoms with Gasteiger partial charge in [0.25, 0.3) is 0 Å². The highest BCUT2D eigenvalue weighted by molar-refractivity contribution is 6.42. The van der Waals surface area contributed by atoms with Crippen molar-refractivity contribution in [1.29, 1.82) is 0 Å². The minimum absolute atomic E-state index is 0.486. The van der Waals surface area contributed by atoms with Crippen molar-refractivity contribution in [2.24, 2.45) is 11.5 Å². The van der Waals surface area contributed by atoms with E-state index in [1.165, 1.54) is 6.92 Å². The number of carbonyl (C=O) groups is 2. The third kappa shape index (κ3) is 1.95. The molecule has 74 valence electrons. The zero-order valence-electron chi connectivity index (χ0n) is 7.88. The maximum Gasteiger partial charge on any atom is 0.219 e. The molecule has 4 nitrogen and oxygen atoms in total.